The van der Waals surface area contributed by atoms with Gasteiger partial charge in [-0.25, -0.2) is 9.59 Å². The van der Waals surface area contributed by atoms with Gasteiger partial charge < -0.3 is 20.5 Å². The summed E-state index contributed by atoms with van der Waals surface area (Å²) in [5.41, 5.74) is -1.26. The molecule has 19 heavy (non-hydrogen) atoms. The Morgan fingerprint density at radius 3 is 2.63 bits per heavy atom. The van der Waals surface area contributed by atoms with Crippen molar-refractivity contribution < 1.29 is 19.4 Å². The summed E-state index contributed by atoms with van der Waals surface area (Å²) >= 11 is 0. The third-order valence-corrected chi connectivity index (χ3v) is 4.21. The van der Waals surface area contributed by atoms with Crippen LogP contribution in [-0.2, 0) is 9.53 Å². The number of urea groups is 1. The van der Waals surface area contributed by atoms with Crippen molar-refractivity contribution in [2.24, 2.45) is 5.92 Å². The molecule has 6 heteroatoms. The van der Waals surface area contributed by atoms with Crippen LogP contribution in [0, 0.1) is 5.92 Å². The topological polar surface area (TPSA) is 87.7 Å². The number of hydrogen-bond donors (Lipinski definition) is 3. The van der Waals surface area contributed by atoms with Crippen molar-refractivity contribution in [3.05, 3.63) is 0 Å². The summed E-state index contributed by atoms with van der Waals surface area (Å²) in [4.78, 5) is 23.3. The molecule has 3 atom stereocenters. The number of hydrogen-bond acceptors (Lipinski definition) is 3. The maximum Gasteiger partial charge on any atom is 0.332 e. The first-order chi connectivity index (χ1) is 9.03. The van der Waals surface area contributed by atoms with E-state index in [-0.39, 0.29) is 12.6 Å². The van der Waals surface area contributed by atoms with Crippen molar-refractivity contribution in [3.8, 4) is 0 Å². The Labute approximate surface area is 112 Å². The van der Waals surface area contributed by atoms with E-state index in [9.17, 15) is 14.7 Å². The molecule has 1 heterocycles. The lowest BCUT2D eigenvalue weighted by atomic mass is 9.86. The van der Waals surface area contributed by atoms with Crippen LogP contribution in [0.2, 0.25) is 0 Å². The molecule has 2 rings (SSSR count). The van der Waals surface area contributed by atoms with E-state index >= 15 is 0 Å². The van der Waals surface area contributed by atoms with Gasteiger partial charge in [0.05, 0.1) is 6.61 Å². The second kappa shape index (κ2) is 5.77. The predicted octanol–water partition coefficient (Wildman–Crippen LogP) is 1.11. The van der Waals surface area contributed by atoms with Gasteiger partial charge in [0, 0.05) is 19.1 Å². The Bertz CT molecular complexity index is 353. The minimum Gasteiger partial charge on any atom is -0.479 e. The van der Waals surface area contributed by atoms with Crippen LogP contribution in [0.4, 0.5) is 4.79 Å². The van der Waals surface area contributed by atoms with Crippen LogP contribution in [-0.4, -0.2) is 41.9 Å². The van der Waals surface area contributed by atoms with E-state index in [0.717, 1.165) is 19.3 Å². The van der Waals surface area contributed by atoms with Gasteiger partial charge in [0.1, 0.15) is 0 Å². The maximum absolute atomic E-state index is 12.0. The molecular weight excluding hydrogens is 248 g/mol. The lowest BCUT2D eigenvalue weighted by Crippen LogP contribution is -2.59. The van der Waals surface area contributed by atoms with Gasteiger partial charge in [-0.1, -0.05) is 19.8 Å². The molecule has 1 aliphatic heterocycles. The summed E-state index contributed by atoms with van der Waals surface area (Å²) < 4.78 is 5.11. The maximum atomic E-state index is 12.0. The highest BCUT2D eigenvalue weighted by Gasteiger charge is 2.44. The van der Waals surface area contributed by atoms with Crippen molar-refractivity contribution in [1.82, 2.24) is 10.6 Å². The lowest BCUT2D eigenvalue weighted by molar-refractivity contribution is -0.144. The van der Waals surface area contributed by atoms with E-state index in [1.807, 2.05) is 0 Å². The molecule has 0 spiro atoms. The van der Waals surface area contributed by atoms with E-state index in [2.05, 4.69) is 17.6 Å². The van der Waals surface area contributed by atoms with E-state index in [0.29, 0.717) is 18.9 Å². The fourth-order valence-electron chi connectivity index (χ4n) is 2.84. The van der Waals surface area contributed by atoms with Gasteiger partial charge in [-0.2, -0.15) is 0 Å². The monoisotopic (exact) mass is 270 g/mol. The van der Waals surface area contributed by atoms with E-state index in [4.69, 9.17) is 4.74 Å². The second-order valence-corrected chi connectivity index (χ2v) is 5.66. The van der Waals surface area contributed by atoms with Gasteiger partial charge in [0.25, 0.3) is 0 Å². The van der Waals surface area contributed by atoms with Crippen LogP contribution < -0.4 is 10.6 Å². The molecular formula is C13H22N2O4. The van der Waals surface area contributed by atoms with Crippen LogP contribution in [0.25, 0.3) is 0 Å². The SMILES string of the molecule is CC1CCCCC1NC(=O)NC1(C(=O)O)CCOC1. The zero-order valence-electron chi connectivity index (χ0n) is 11.3. The fraction of sp³-hybridized carbons (Fsp3) is 0.846. The number of aliphatic carboxylic acids is 1. The van der Waals surface area contributed by atoms with Crippen molar-refractivity contribution in [3.63, 3.8) is 0 Å². The molecule has 1 saturated carbocycles. The van der Waals surface area contributed by atoms with Crippen LogP contribution in [0.5, 0.6) is 0 Å². The summed E-state index contributed by atoms with van der Waals surface area (Å²) in [6.07, 6.45) is 4.70. The Morgan fingerprint density at radius 1 is 1.32 bits per heavy atom. The van der Waals surface area contributed by atoms with Crippen LogP contribution in [0.1, 0.15) is 39.0 Å². The molecule has 1 aliphatic carbocycles. The molecule has 0 bridgehead atoms. The Kier molecular flexibility index (Phi) is 4.29. The van der Waals surface area contributed by atoms with Crippen molar-refractivity contribution in [2.75, 3.05) is 13.2 Å². The Hall–Kier alpha value is -1.30. The summed E-state index contributed by atoms with van der Waals surface area (Å²) in [7, 11) is 0. The molecule has 2 amide bonds. The van der Waals surface area contributed by atoms with Gasteiger partial charge in [-0.05, 0) is 18.8 Å². The molecule has 1 saturated heterocycles. The lowest BCUT2D eigenvalue weighted by Gasteiger charge is -2.31. The van der Waals surface area contributed by atoms with Gasteiger partial charge in [0.2, 0.25) is 0 Å². The van der Waals surface area contributed by atoms with E-state index in [1.54, 1.807) is 0 Å². The van der Waals surface area contributed by atoms with E-state index < -0.39 is 17.5 Å². The first-order valence-corrected chi connectivity index (χ1v) is 6.93. The minimum atomic E-state index is -1.26. The standard InChI is InChI=1S/C13H22N2O4/c1-9-4-2-3-5-10(9)14-12(18)15-13(11(16)17)6-7-19-8-13/h9-10H,2-8H2,1H3,(H,16,17)(H2,14,15,18). The number of carbonyl (C=O) groups is 2. The number of rotatable bonds is 3. The van der Waals surface area contributed by atoms with Crippen molar-refractivity contribution in [1.29, 1.82) is 0 Å². The van der Waals surface area contributed by atoms with Gasteiger partial charge >= 0.3 is 12.0 Å². The van der Waals surface area contributed by atoms with Crippen molar-refractivity contribution in [2.45, 2.75) is 50.6 Å². The van der Waals surface area contributed by atoms with Crippen molar-refractivity contribution >= 4 is 12.0 Å². The Morgan fingerprint density at radius 2 is 2.05 bits per heavy atom. The molecule has 3 N–H and O–H groups in total. The summed E-state index contributed by atoms with van der Waals surface area (Å²) in [5, 5.41) is 14.7. The minimum absolute atomic E-state index is 0.0377. The number of carboxylic acids is 1. The highest BCUT2D eigenvalue weighted by atomic mass is 16.5. The molecule has 0 aromatic heterocycles. The van der Waals surface area contributed by atoms with Crippen LogP contribution in [0.15, 0.2) is 0 Å². The van der Waals surface area contributed by atoms with Crippen LogP contribution in [0.3, 0.4) is 0 Å². The zero-order valence-corrected chi connectivity index (χ0v) is 11.3. The van der Waals surface area contributed by atoms with Gasteiger partial charge in [-0.3, -0.25) is 0 Å². The molecule has 108 valence electrons. The first-order valence-electron chi connectivity index (χ1n) is 6.93. The van der Waals surface area contributed by atoms with E-state index in [1.165, 1.54) is 6.42 Å². The van der Waals surface area contributed by atoms with Gasteiger partial charge in [-0.15, -0.1) is 0 Å². The number of carbonyl (C=O) groups excluding carboxylic acids is 1. The normalized spacial score (nSPS) is 34.8. The molecule has 3 unspecified atom stereocenters. The Balaban J connectivity index is 1.91. The molecule has 6 nitrogen and oxygen atoms in total. The fourth-order valence-corrected chi connectivity index (χ4v) is 2.84. The average molecular weight is 270 g/mol. The predicted molar refractivity (Wildman–Crippen MR) is 68.9 cm³/mol. The van der Waals surface area contributed by atoms with Gasteiger partial charge in [0.15, 0.2) is 5.54 Å². The average Bonchev–Trinajstić information content (AvgIpc) is 2.82. The summed E-state index contributed by atoms with van der Waals surface area (Å²) in [6, 6.07) is -0.256. The molecule has 0 aromatic rings. The highest BCUT2D eigenvalue weighted by Crippen LogP contribution is 2.24. The number of nitrogens with one attached hydrogen (secondary N) is 2. The summed E-state index contributed by atoms with van der Waals surface area (Å²) in [5.74, 6) is -0.586. The van der Waals surface area contributed by atoms with Crippen LogP contribution >= 0.6 is 0 Å². The second-order valence-electron chi connectivity index (χ2n) is 5.66. The number of amides is 2. The third kappa shape index (κ3) is 3.18. The molecule has 2 fully saturated rings. The quantitative estimate of drug-likeness (QED) is 0.717. The highest BCUT2D eigenvalue weighted by molar-refractivity contribution is 5.86. The third-order valence-electron chi connectivity index (χ3n) is 4.21. The first kappa shape index (κ1) is 14.1. The summed E-state index contributed by atoms with van der Waals surface area (Å²) in [6.45, 7) is 2.53. The largest absolute Gasteiger partial charge is 0.479 e. The number of carboxylic acid groups (broad SMARTS) is 1. The molecule has 0 radical (unpaired) electrons. The number of ether oxygens (including phenoxy) is 1. The molecule has 2 aliphatic rings. The molecule has 0 aromatic carbocycles. The zero-order chi connectivity index (χ0) is 13.9. The smallest absolute Gasteiger partial charge is 0.332 e.